The molecule has 0 atom stereocenters. The van der Waals surface area contributed by atoms with Gasteiger partial charge >= 0.3 is 0 Å². The molecule has 0 saturated carbocycles. The van der Waals surface area contributed by atoms with Gasteiger partial charge < -0.3 is 5.32 Å². The number of thiazole rings is 1. The maximum Gasteiger partial charge on any atom is 0.113 e. The first-order valence-electron chi connectivity index (χ1n) is 7.49. The molecule has 0 aromatic carbocycles. The van der Waals surface area contributed by atoms with Gasteiger partial charge in [0.05, 0.1) is 11.2 Å². The Morgan fingerprint density at radius 3 is 2.44 bits per heavy atom. The number of aromatic nitrogens is 1. The van der Waals surface area contributed by atoms with Crippen LogP contribution in [0, 0.1) is 0 Å². The minimum absolute atomic E-state index is 0.146. The van der Waals surface area contributed by atoms with Gasteiger partial charge in [-0.1, -0.05) is 33.6 Å². The highest BCUT2D eigenvalue weighted by molar-refractivity contribution is 7.12. The SMILES string of the molecule is CCCC(CCC)(NCC)c1nc2c(s1)CCC2. The van der Waals surface area contributed by atoms with Crippen LogP contribution in [0.3, 0.4) is 0 Å². The summed E-state index contributed by atoms with van der Waals surface area (Å²) in [5, 5.41) is 5.11. The van der Waals surface area contributed by atoms with Crippen LogP contribution in [-0.2, 0) is 18.4 Å². The molecule has 2 nitrogen and oxygen atoms in total. The van der Waals surface area contributed by atoms with Gasteiger partial charge in [0.1, 0.15) is 5.01 Å². The van der Waals surface area contributed by atoms with Gasteiger partial charge in [-0.05, 0) is 38.6 Å². The van der Waals surface area contributed by atoms with Crippen molar-refractivity contribution in [1.29, 1.82) is 0 Å². The fourth-order valence-electron chi connectivity index (χ4n) is 3.18. The van der Waals surface area contributed by atoms with Crippen molar-refractivity contribution >= 4 is 11.3 Å². The largest absolute Gasteiger partial charge is 0.306 e. The molecule has 3 heteroatoms. The van der Waals surface area contributed by atoms with Gasteiger partial charge in [0, 0.05) is 4.88 Å². The maximum absolute atomic E-state index is 4.98. The molecular weight excluding hydrogens is 240 g/mol. The fourth-order valence-corrected chi connectivity index (χ4v) is 4.55. The minimum atomic E-state index is 0.146. The third kappa shape index (κ3) is 2.62. The van der Waals surface area contributed by atoms with E-state index in [9.17, 15) is 0 Å². The molecule has 1 heterocycles. The van der Waals surface area contributed by atoms with Crippen molar-refractivity contribution in [3.63, 3.8) is 0 Å². The van der Waals surface area contributed by atoms with E-state index < -0.39 is 0 Å². The normalized spacial score (nSPS) is 15.1. The van der Waals surface area contributed by atoms with Crippen molar-refractivity contribution in [3.05, 3.63) is 15.6 Å². The Labute approximate surface area is 115 Å². The second-order valence-electron chi connectivity index (χ2n) is 5.35. The van der Waals surface area contributed by atoms with Gasteiger partial charge in [0.15, 0.2) is 0 Å². The molecule has 0 saturated heterocycles. The third-order valence-corrected chi connectivity index (χ3v) is 5.24. The van der Waals surface area contributed by atoms with Gasteiger partial charge in [-0.2, -0.15) is 0 Å². The zero-order valence-electron chi connectivity index (χ0n) is 12.0. The molecule has 0 bridgehead atoms. The second kappa shape index (κ2) is 6.16. The highest BCUT2D eigenvalue weighted by Crippen LogP contribution is 2.38. The molecule has 2 rings (SSSR count). The number of nitrogens with one attached hydrogen (secondary N) is 1. The van der Waals surface area contributed by atoms with Crippen LogP contribution in [-0.4, -0.2) is 11.5 Å². The lowest BCUT2D eigenvalue weighted by molar-refractivity contribution is 0.284. The summed E-state index contributed by atoms with van der Waals surface area (Å²) in [6.45, 7) is 7.80. The molecule has 1 aromatic rings. The number of hydrogen-bond acceptors (Lipinski definition) is 3. The first kappa shape index (κ1) is 14.0. The van der Waals surface area contributed by atoms with E-state index in [0.717, 1.165) is 6.54 Å². The van der Waals surface area contributed by atoms with Crippen LogP contribution in [0.25, 0.3) is 0 Å². The summed E-state index contributed by atoms with van der Waals surface area (Å²) in [5.74, 6) is 0. The number of nitrogens with zero attached hydrogens (tertiary/aromatic N) is 1. The average Bonchev–Trinajstić information content (AvgIpc) is 2.89. The standard InChI is InChI=1S/C15H26N2S/c1-4-10-15(11-5-2,16-6-3)14-17-12-8-7-9-13(12)18-14/h16H,4-11H2,1-3H3. The molecule has 0 radical (unpaired) electrons. The van der Waals surface area contributed by atoms with E-state index in [2.05, 4.69) is 26.1 Å². The van der Waals surface area contributed by atoms with Crippen molar-refractivity contribution in [2.75, 3.05) is 6.54 Å². The van der Waals surface area contributed by atoms with E-state index in [0.29, 0.717) is 0 Å². The van der Waals surface area contributed by atoms with Crippen molar-refractivity contribution in [2.24, 2.45) is 0 Å². The summed E-state index contributed by atoms with van der Waals surface area (Å²) >= 11 is 1.98. The van der Waals surface area contributed by atoms with E-state index in [-0.39, 0.29) is 5.54 Å². The smallest absolute Gasteiger partial charge is 0.113 e. The fraction of sp³-hybridized carbons (Fsp3) is 0.800. The molecule has 0 amide bonds. The Hall–Kier alpha value is -0.410. The quantitative estimate of drug-likeness (QED) is 0.805. The molecular formula is C15H26N2S. The summed E-state index contributed by atoms with van der Waals surface area (Å²) in [5.41, 5.74) is 1.54. The molecule has 1 N–H and O–H groups in total. The Morgan fingerprint density at radius 1 is 1.17 bits per heavy atom. The van der Waals surface area contributed by atoms with Crippen LogP contribution in [0.2, 0.25) is 0 Å². The van der Waals surface area contributed by atoms with Crippen LogP contribution < -0.4 is 5.32 Å². The predicted molar refractivity (Wildman–Crippen MR) is 79.3 cm³/mol. The molecule has 18 heavy (non-hydrogen) atoms. The molecule has 0 spiro atoms. The summed E-state index contributed by atoms with van der Waals surface area (Å²) < 4.78 is 0. The highest BCUT2D eigenvalue weighted by Gasteiger charge is 2.34. The molecule has 102 valence electrons. The highest BCUT2D eigenvalue weighted by atomic mass is 32.1. The number of hydrogen-bond donors (Lipinski definition) is 1. The summed E-state index contributed by atoms with van der Waals surface area (Å²) in [6, 6.07) is 0. The van der Waals surface area contributed by atoms with E-state index in [4.69, 9.17) is 4.98 Å². The topological polar surface area (TPSA) is 24.9 Å². The lowest BCUT2D eigenvalue weighted by Crippen LogP contribution is -2.42. The van der Waals surface area contributed by atoms with Crippen molar-refractivity contribution in [1.82, 2.24) is 10.3 Å². The maximum atomic E-state index is 4.98. The molecule has 1 aliphatic carbocycles. The monoisotopic (exact) mass is 266 g/mol. The van der Waals surface area contributed by atoms with E-state index in [1.54, 1.807) is 4.88 Å². The van der Waals surface area contributed by atoms with E-state index in [1.807, 2.05) is 11.3 Å². The van der Waals surface area contributed by atoms with E-state index in [1.165, 1.54) is 55.6 Å². The van der Waals surface area contributed by atoms with Crippen molar-refractivity contribution in [2.45, 2.75) is 71.3 Å². The lowest BCUT2D eigenvalue weighted by atomic mass is 9.89. The van der Waals surface area contributed by atoms with Crippen LogP contribution in [0.1, 0.15) is 68.5 Å². The second-order valence-corrected chi connectivity index (χ2v) is 6.44. The number of aryl methyl sites for hydroxylation is 2. The van der Waals surface area contributed by atoms with Gasteiger partial charge in [-0.15, -0.1) is 11.3 Å². The Kier molecular flexibility index (Phi) is 4.79. The summed E-state index contributed by atoms with van der Waals surface area (Å²) in [6.07, 6.45) is 8.63. The van der Waals surface area contributed by atoms with Gasteiger partial charge in [0.25, 0.3) is 0 Å². The Bertz CT molecular complexity index is 345. The first-order chi connectivity index (χ1) is 8.75. The molecule has 1 aliphatic rings. The van der Waals surface area contributed by atoms with Crippen LogP contribution >= 0.6 is 11.3 Å². The number of fused-ring (bicyclic) bond motifs is 1. The van der Waals surface area contributed by atoms with Crippen LogP contribution in [0.4, 0.5) is 0 Å². The third-order valence-electron chi connectivity index (χ3n) is 3.87. The molecule has 0 fully saturated rings. The van der Waals surface area contributed by atoms with Gasteiger partial charge in [0.2, 0.25) is 0 Å². The zero-order chi connectivity index (χ0) is 13.0. The average molecular weight is 266 g/mol. The minimum Gasteiger partial charge on any atom is -0.306 e. The Morgan fingerprint density at radius 2 is 1.89 bits per heavy atom. The first-order valence-corrected chi connectivity index (χ1v) is 8.31. The zero-order valence-corrected chi connectivity index (χ0v) is 12.8. The van der Waals surface area contributed by atoms with Crippen LogP contribution in [0.5, 0.6) is 0 Å². The van der Waals surface area contributed by atoms with Gasteiger partial charge in [-0.25, -0.2) is 4.98 Å². The number of rotatable bonds is 7. The van der Waals surface area contributed by atoms with Gasteiger partial charge in [-0.3, -0.25) is 0 Å². The molecule has 0 aliphatic heterocycles. The molecule has 1 aromatic heterocycles. The summed E-state index contributed by atoms with van der Waals surface area (Å²) in [4.78, 5) is 6.53. The molecule has 0 unspecified atom stereocenters. The van der Waals surface area contributed by atoms with Crippen molar-refractivity contribution in [3.8, 4) is 0 Å². The van der Waals surface area contributed by atoms with Crippen LogP contribution in [0.15, 0.2) is 0 Å². The predicted octanol–water partition coefficient (Wildman–Crippen LogP) is 4.04. The lowest BCUT2D eigenvalue weighted by Gasteiger charge is -2.32. The summed E-state index contributed by atoms with van der Waals surface area (Å²) in [7, 11) is 0. The Balaban J connectivity index is 2.30. The van der Waals surface area contributed by atoms with Crippen molar-refractivity contribution < 1.29 is 0 Å². The van der Waals surface area contributed by atoms with E-state index >= 15 is 0 Å².